The van der Waals surface area contributed by atoms with Crippen LogP contribution in [-0.2, 0) is 6.54 Å². The van der Waals surface area contributed by atoms with Crippen LogP contribution < -0.4 is 5.56 Å². The molecule has 0 radical (unpaired) electrons. The first kappa shape index (κ1) is 17.8. The van der Waals surface area contributed by atoms with E-state index < -0.39 is 0 Å². The van der Waals surface area contributed by atoms with Crippen molar-refractivity contribution in [2.45, 2.75) is 6.54 Å². The quantitative estimate of drug-likeness (QED) is 0.387. The molecule has 0 bridgehead atoms. The largest absolute Gasteiger partial charge is 0.439 e. The van der Waals surface area contributed by atoms with Gasteiger partial charge in [0.2, 0.25) is 5.89 Å². The van der Waals surface area contributed by atoms with Gasteiger partial charge in [-0.3, -0.25) is 9.36 Å². The lowest BCUT2D eigenvalue weighted by molar-refractivity contribution is 0.484. The van der Waals surface area contributed by atoms with E-state index in [1.165, 1.54) is 15.9 Å². The Kier molecular flexibility index (Phi) is 4.50. The lowest BCUT2D eigenvalue weighted by Crippen LogP contribution is -2.20. The molecule has 5 rings (SSSR count). The van der Waals surface area contributed by atoms with Crippen LogP contribution in [-0.4, -0.2) is 14.5 Å². The van der Waals surface area contributed by atoms with E-state index in [0.29, 0.717) is 22.1 Å². The van der Waals surface area contributed by atoms with Gasteiger partial charge in [0.25, 0.3) is 5.56 Å². The number of fused-ring (bicyclic) bond motifs is 1. The van der Waals surface area contributed by atoms with Crippen molar-refractivity contribution in [3.8, 4) is 21.8 Å². The smallest absolute Gasteiger partial charge is 0.262 e. The fourth-order valence-corrected chi connectivity index (χ4v) is 4.21. The van der Waals surface area contributed by atoms with Crippen molar-refractivity contribution < 1.29 is 4.42 Å². The third-order valence-corrected chi connectivity index (χ3v) is 5.91. The summed E-state index contributed by atoms with van der Waals surface area (Å²) in [6, 6.07) is 19.2. The first-order valence-corrected chi connectivity index (χ1v) is 10.1. The standard InChI is InChI=1S/C22H14ClN3O2S/c23-16-8-6-14(7-9-16)18-11-24-20(28-18)12-26-13-25-21-17(22(26)27)10-19(29-21)15-4-2-1-3-5-15/h1-11,13H,12H2. The van der Waals surface area contributed by atoms with Gasteiger partial charge >= 0.3 is 0 Å². The van der Waals surface area contributed by atoms with Crippen LogP contribution in [0, 0.1) is 0 Å². The Balaban J connectivity index is 1.46. The van der Waals surface area contributed by atoms with Crippen LogP contribution >= 0.6 is 22.9 Å². The van der Waals surface area contributed by atoms with Gasteiger partial charge in [-0.05, 0) is 35.9 Å². The Labute approximate surface area is 174 Å². The van der Waals surface area contributed by atoms with Crippen molar-refractivity contribution in [3.05, 3.63) is 94.5 Å². The molecule has 0 aliphatic heterocycles. The second-order valence-corrected chi connectivity index (χ2v) is 7.97. The van der Waals surface area contributed by atoms with Crippen molar-refractivity contribution in [3.63, 3.8) is 0 Å². The molecule has 0 spiro atoms. The first-order chi connectivity index (χ1) is 14.2. The summed E-state index contributed by atoms with van der Waals surface area (Å²) in [5.41, 5.74) is 1.83. The highest BCUT2D eigenvalue weighted by molar-refractivity contribution is 7.21. The summed E-state index contributed by atoms with van der Waals surface area (Å²) in [6.45, 7) is 0.214. The van der Waals surface area contributed by atoms with Crippen LogP contribution in [0.25, 0.3) is 32.0 Å². The average Bonchev–Trinajstić information content (AvgIpc) is 3.39. The molecule has 3 aromatic heterocycles. The van der Waals surface area contributed by atoms with Crippen LogP contribution in [0.1, 0.15) is 5.89 Å². The third kappa shape index (κ3) is 3.48. The summed E-state index contributed by atoms with van der Waals surface area (Å²) >= 11 is 7.43. The Morgan fingerprint density at radius 1 is 1.00 bits per heavy atom. The zero-order valence-electron chi connectivity index (χ0n) is 15.1. The minimum Gasteiger partial charge on any atom is -0.439 e. The van der Waals surface area contributed by atoms with Gasteiger partial charge in [-0.15, -0.1) is 11.3 Å². The predicted molar refractivity (Wildman–Crippen MR) is 115 cm³/mol. The molecule has 0 saturated heterocycles. The summed E-state index contributed by atoms with van der Waals surface area (Å²) in [5, 5.41) is 1.26. The van der Waals surface area contributed by atoms with E-state index in [1.54, 1.807) is 24.7 Å². The number of thiophene rings is 1. The maximum atomic E-state index is 12.9. The van der Waals surface area contributed by atoms with E-state index in [1.807, 2.05) is 48.5 Å². The lowest BCUT2D eigenvalue weighted by Gasteiger charge is -2.01. The van der Waals surface area contributed by atoms with Gasteiger partial charge < -0.3 is 4.42 Å². The summed E-state index contributed by atoms with van der Waals surface area (Å²) < 4.78 is 7.33. The predicted octanol–water partition coefficient (Wildman–Crippen LogP) is 5.48. The molecule has 7 heteroatoms. The van der Waals surface area contributed by atoms with Gasteiger partial charge in [0.05, 0.1) is 17.9 Å². The number of benzene rings is 2. The van der Waals surface area contributed by atoms with Gasteiger partial charge in [0, 0.05) is 15.5 Å². The van der Waals surface area contributed by atoms with Gasteiger partial charge in [-0.2, -0.15) is 0 Å². The van der Waals surface area contributed by atoms with Gasteiger partial charge in [-0.1, -0.05) is 41.9 Å². The minimum atomic E-state index is -0.111. The number of aromatic nitrogens is 3. The summed E-state index contributed by atoms with van der Waals surface area (Å²) in [5.74, 6) is 1.07. The molecule has 0 saturated carbocycles. The Bertz CT molecular complexity index is 1350. The molecule has 0 atom stereocenters. The molecular weight excluding hydrogens is 406 g/mol. The molecule has 5 nitrogen and oxygen atoms in total. The van der Waals surface area contributed by atoms with Crippen molar-refractivity contribution in [2.24, 2.45) is 0 Å². The molecule has 3 heterocycles. The van der Waals surface area contributed by atoms with E-state index >= 15 is 0 Å². The molecule has 0 unspecified atom stereocenters. The van der Waals surface area contributed by atoms with Crippen molar-refractivity contribution >= 4 is 33.2 Å². The van der Waals surface area contributed by atoms with E-state index in [4.69, 9.17) is 16.0 Å². The van der Waals surface area contributed by atoms with Gasteiger partial charge in [0.15, 0.2) is 5.76 Å². The summed E-state index contributed by atoms with van der Waals surface area (Å²) in [6.07, 6.45) is 3.19. The highest BCUT2D eigenvalue weighted by atomic mass is 35.5. The second kappa shape index (κ2) is 7.31. The molecular formula is C22H14ClN3O2S. The van der Waals surface area contributed by atoms with E-state index in [2.05, 4.69) is 9.97 Å². The maximum Gasteiger partial charge on any atom is 0.262 e. The third-order valence-electron chi connectivity index (χ3n) is 4.56. The summed E-state index contributed by atoms with van der Waals surface area (Å²) in [7, 11) is 0. The van der Waals surface area contributed by atoms with Crippen LogP contribution in [0.15, 0.2) is 82.4 Å². The molecule has 29 heavy (non-hydrogen) atoms. The number of hydrogen-bond donors (Lipinski definition) is 0. The van der Waals surface area contributed by atoms with Crippen molar-refractivity contribution in [2.75, 3.05) is 0 Å². The van der Waals surface area contributed by atoms with E-state index in [0.717, 1.165) is 20.8 Å². The molecule has 5 aromatic rings. The highest BCUT2D eigenvalue weighted by Gasteiger charge is 2.13. The zero-order valence-corrected chi connectivity index (χ0v) is 16.7. The number of nitrogens with zero attached hydrogens (tertiary/aromatic N) is 3. The molecule has 0 aliphatic rings. The van der Waals surface area contributed by atoms with E-state index in [-0.39, 0.29) is 12.1 Å². The molecule has 142 valence electrons. The Morgan fingerprint density at radius 3 is 2.59 bits per heavy atom. The molecule has 2 aromatic carbocycles. The number of hydrogen-bond acceptors (Lipinski definition) is 5. The minimum absolute atomic E-state index is 0.111. The number of oxazole rings is 1. The second-order valence-electron chi connectivity index (χ2n) is 6.50. The monoisotopic (exact) mass is 419 g/mol. The fourth-order valence-electron chi connectivity index (χ4n) is 3.09. The molecule has 0 aliphatic carbocycles. The molecule has 0 amide bonds. The molecule has 0 fully saturated rings. The maximum absolute atomic E-state index is 12.9. The SMILES string of the molecule is O=c1c2cc(-c3ccccc3)sc2ncn1Cc1ncc(-c2ccc(Cl)cc2)o1. The average molecular weight is 420 g/mol. The number of rotatable bonds is 4. The Morgan fingerprint density at radius 2 is 1.79 bits per heavy atom. The van der Waals surface area contributed by atoms with E-state index in [9.17, 15) is 4.79 Å². The number of halogens is 1. The highest BCUT2D eigenvalue weighted by Crippen LogP contribution is 2.30. The summed E-state index contributed by atoms with van der Waals surface area (Å²) in [4.78, 5) is 23.4. The van der Waals surface area contributed by atoms with Gasteiger partial charge in [-0.25, -0.2) is 9.97 Å². The van der Waals surface area contributed by atoms with Crippen LogP contribution in [0.3, 0.4) is 0 Å². The van der Waals surface area contributed by atoms with Crippen molar-refractivity contribution in [1.82, 2.24) is 14.5 Å². The lowest BCUT2D eigenvalue weighted by atomic mass is 10.2. The van der Waals surface area contributed by atoms with Crippen LogP contribution in [0.5, 0.6) is 0 Å². The zero-order chi connectivity index (χ0) is 19.8. The van der Waals surface area contributed by atoms with Crippen LogP contribution in [0.4, 0.5) is 0 Å². The fraction of sp³-hybridized carbons (Fsp3) is 0.0455. The normalized spacial score (nSPS) is 11.2. The first-order valence-electron chi connectivity index (χ1n) is 8.92. The van der Waals surface area contributed by atoms with Gasteiger partial charge in [0.1, 0.15) is 11.4 Å². The Hall–Kier alpha value is -3.22. The van der Waals surface area contributed by atoms with Crippen LogP contribution in [0.2, 0.25) is 5.02 Å². The molecule has 0 N–H and O–H groups in total. The topological polar surface area (TPSA) is 60.9 Å². The van der Waals surface area contributed by atoms with Crippen molar-refractivity contribution in [1.29, 1.82) is 0 Å².